The van der Waals surface area contributed by atoms with E-state index >= 15 is 0 Å². The number of rotatable bonds is 11. The van der Waals surface area contributed by atoms with E-state index in [1.807, 2.05) is 0 Å². The Morgan fingerprint density at radius 2 is 1.70 bits per heavy atom. The molecular formula is C26H24BrCl2N3O5. The number of hydrazone groups is 1. The van der Waals surface area contributed by atoms with E-state index in [2.05, 4.69) is 31.8 Å². The van der Waals surface area contributed by atoms with Crippen molar-refractivity contribution in [3.05, 3.63) is 80.2 Å². The number of ether oxygens (including phenoxy) is 3. The van der Waals surface area contributed by atoms with E-state index in [-0.39, 0.29) is 25.4 Å². The second-order valence-electron chi connectivity index (χ2n) is 7.60. The zero-order chi connectivity index (χ0) is 26.8. The summed E-state index contributed by atoms with van der Waals surface area (Å²) in [5.74, 6) is 0.762. The Hall–Kier alpha value is -3.27. The summed E-state index contributed by atoms with van der Waals surface area (Å²) in [7, 11) is 3.03. The Morgan fingerprint density at radius 3 is 2.43 bits per heavy atom. The third-order valence-corrected chi connectivity index (χ3v) is 6.18. The summed E-state index contributed by atoms with van der Waals surface area (Å²) in [6, 6.07) is 15.7. The zero-order valence-electron chi connectivity index (χ0n) is 20.0. The second-order valence-corrected chi connectivity index (χ2v) is 9.30. The van der Waals surface area contributed by atoms with Crippen molar-refractivity contribution < 1.29 is 23.8 Å². The summed E-state index contributed by atoms with van der Waals surface area (Å²) in [6.07, 6.45) is 1.41. The zero-order valence-corrected chi connectivity index (χ0v) is 23.1. The quantitative estimate of drug-likeness (QED) is 0.199. The van der Waals surface area contributed by atoms with Crippen LogP contribution in [0.25, 0.3) is 0 Å². The van der Waals surface area contributed by atoms with Crippen LogP contribution in [0.1, 0.15) is 24.0 Å². The molecule has 0 aromatic heterocycles. The third kappa shape index (κ3) is 8.38. The first-order chi connectivity index (χ1) is 17.8. The summed E-state index contributed by atoms with van der Waals surface area (Å²) < 4.78 is 17.2. The van der Waals surface area contributed by atoms with Crippen LogP contribution in [0.3, 0.4) is 0 Å². The molecule has 3 aromatic carbocycles. The number of amides is 2. The highest BCUT2D eigenvalue weighted by Gasteiger charge is 2.13. The largest absolute Gasteiger partial charge is 0.495 e. The minimum atomic E-state index is -0.405. The fourth-order valence-corrected chi connectivity index (χ4v) is 4.20. The number of anilines is 1. The average molecular weight is 609 g/mol. The Morgan fingerprint density at radius 1 is 0.973 bits per heavy atom. The minimum Gasteiger partial charge on any atom is -0.495 e. The number of methoxy groups -OCH3 is 2. The fourth-order valence-electron chi connectivity index (χ4n) is 3.17. The number of carbonyl (C=O) groups is 2. The Kier molecular flexibility index (Phi) is 10.6. The van der Waals surface area contributed by atoms with E-state index in [9.17, 15) is 9.59 Å². The molecule has 0 aliphatic heterocycles. The molecule has 194 valence electrons. The lowest BCUT2D eigenvalue weighted by atomic mass is 10.2. The van der Waals surface area contributed by atoms with Crippen LogP contribution >= 0.6 is 39.1 Å². The van der Waals surface area contributed by atoms with Gasteiger partial charge in [0.1, 0.15) is 12.4 Å². The summed E-state index contributed by atoms with van der Waals surface area (Å²) in [4.78, 5) is 24.3. The predicted octanol–water partition coefficient (Wildman–Crippen LogP) is 6.22. The molecule has 0 atom stereocenters. The molecule has 37 heavy (non-hydrogen) atoms. The Balaban J connectivity index is 1.53. The van der Waals surface area contributed by atoms with Gasteiger partial charge in [-0.15, -0.1) is 0 Å². The third-order valence-electron chi connectivity index (χ3n) is 5.00. The van der Waals surface area contributed by atoms with Crippen LogP contribution in [0.4, 0.5) is 5.69 Å². The van der Waals surface area contributed by atoms with E-state index in [4.69, 9.17) is 37.4 Å². The van der Waals surface area contributed by atoms with Crippen LogP contribution in [-0.2, 0) is 16.2 Å². The van der Waals surface area contributed by atoms with Gasteiger partial charge in [-0.05, 0) is 57.9 Å². The topological polar surface area (TPSA) is 98.2 Å². The highest BCUT2D eigenvalue weighted by Crippen LogP contribution is 2.37. The number of hydrogen-bond acceptors (Lipinski definition) is 6. The van der Waals surface area contributed by atoms with Gasteiger partial charge in [-0.25, -0.2) is 5.43 Å². The molecule has 3 aromatic rings. The predicted molar refractivity (Wildman–Crippen MR) is 148 cm³/mol. The van der Waals surface area contributed by atoms with E-state index in [1.165, 1.54) is 20.4 Å². The van der Waals surface area contributed by atoms with Crippen LogP contribution < -0.4 is 25.0 Å². The molecule has 0 heterocycles. The highest BCUT2D eigenvalue weighted by molar-refractivity contribution is 9.10. The van der Waals surface area contributed by atoms with Gasteiger partial charge >= 0.3 is 0 Å². The van der Waals surface area contributed by atoms with E-state index in [0.717, 1.165) is 5.56 Å². The smallest absolute Gasteiger partial charge is 0.240 e. The molecule has 0 saturated carbocycles. The monoisotopic (exact) mass is 607 g/mol. The fraction of sp³-hybridized carbons (Fsp3) is 0.192. The van der Waals surface area contributed by atoms with Crippen molar-refractivity contribution in [2.24, 2.45) is 5.10 Å². The summed E-state index contributed by atoms with van der Waals surface area (Å²) in [5.41, 5.74) is 4.37. The molecule has 11 heteroatoms. The number of halogens is 3. The van der Waals surface area contributed by atoms with Gasteiger partial charge in [-0.3, -0.25) is 9.59 Å². The molecule has 3 rings (SSSR count). The molecule has 0 radical (unpaired) electrons. The normalized spacial score (nSPS) is 10.7. The first-order valence-electron chi connectivity index (χ1n) is 11.0. The van der Waals surface area contributed by atoms with Crippen molar-refractivity contribution in [1.29, 1.82) is 0 Å². The number of nitrogens with zero attached hydrogens (tertiary/aromatic N) is 1. The first-order valence-corrected chi connectivity index (χ1v) is 12.5. The highest BCUT2D eigenvalue weighted by atomic mass is 79.9. The van der Waals surface area contributed by atoms with Crippen LogP contribution in [0.15, 0.2) is 64.2 Å². The van der Waals surface area contributed by atoms with Gasteiger partial charge in [0.15, 0.2) is 11.5 Å². The van der Waals surface area contributed by atoms with Gasteiger partial charge in [0, 0.05) is 28.5 Å². The molecule has 2 N–H and O–H groups in total. The molecule has 8 nitrogen and oxygen atoms in total. The number of benzene rings is 3. The molecule has 2 amide bonds. The lowest BCUT2D eigenvalue weighted by Crippen LogP contribution is -2.20. The summed E-state index contributed by atoms with van der Waals surface area (Å²) in [5, 5.41) is 7.73. The molecule has 0 aliphatic rings. The van der Waals surface area contributed by atoms with Crippen molar-refractivity contribution in [2.75, 3.05) is 19.5 Å². The van der Waals surface area contributed by atoms with Crippen molar-refractivity contribution in [3.8, 4) is 17.2 Å². The van der Waals surface area contributed by atoms with Crippen LogP contribution in [0.5, 0.6) is 17.2 Å². The van der Waals surface area contributed by atoms with Crippen molar-refractivity contribution in [1.82, 2.24) is 5.43 Å². The number of para-hydroxylation sites is 2. The summed E-state index contributed by atoms with van der Waals surface area (Å²) in [6.45, 7) is 0.207. The Bertz CT molecular complexity index is 1300. The summed E-state index contributed by atoms with van der Waals surface area (Å²) >= 11 is 15.6. The molecule has 0 fully saturated rings. The minimum absolute atomic E-state index is 0.0115. The van der Waals surface area contributed by atoms with Crippen LogP contribution in [-0.4, -0.2) is 32.2 Å². The van der Waals surface area contributed by atoms with Gasteiger partial charge < -0.3 is 19.5 Å². The number of hydrogen-bond donors (Lipinski definition) is 2. The molecular weight excluding hydrogens is 585 g/mol. The van der Waals surface area contributed by atoms with Gasteiger partial charge in [0.25, 0.3) is 0 Å². The maximum atomic E-state index is 12.2. The van der Waals surface area contributed by atoms with Crippen molar-refractivity contribution >= 4 is 62.8 Å². The molecule has 0 unspecified atom stereocenters. The van der Waals surface area contributed by atoms with Crippen molar-refractivity contribution in [3.63, 3.8) is 0 Å². The lowest BCUT2D eigenvalue weighted by Gasteiger charge is -2.14. The molecule has 0 bridgehead atoms. The standard InChI is InChI=1S/C26H24BrCl2N3O5/c1-35-22-6-4-3-5-21(22)31-24(33)9-10-25(34)32-30-14-16-11-19(27)26(23(12-16)36-2)37-15-17-7-8-18(28)13-20(17)29/h3-8,11-14H,9-10,15H2,1-2H3,(H,31,33)(H,32,34). The molecule has 0 aliphatic carbocycles. The maximum Gasteiger partial charge on any atom is 0.240 e. The van der Waals surface area contributed by atoms with Gasteiger partial charge in [0.2, 0.25) is 11.8 Å². The van der Waals surface area contributed by atoms with Crippen molar-refractivity contribution in [2.45, 2.75) is 19.4 Å². The SMILES string of the molecule is COc1ccccc1NC(=O)CCC(=O)NN=Cc1cc(Br)c(OCc2ccc(Cl)cc2Cl)c(OC)c1. The first kappa shape index (κ1) is 28.3. The average Bonchev–Trinajstić information content (AvgIpc) is 2.88. The van der Waals surface area contributed by atoms with Crippen LogP contribution in [0.2, 0.25) is 10.0 Å². The second kappa shape index (κ2) is 13.9. The Labute approximate surface area is 233 Å². The number of nitrogens with one attached hydrogen (secondary N) is 2. The maximum absolute atomic E-state index is 12.2. The lowest BCUT2D eigenvalue weighted by molar-refractivity contribution is -0.124. The number of carbonyl (C=O) groups excluding carboxylic acids is 2. The van der Waals surface area contributed by atoms with Gasteiger partial charge in [-0.1, -0.05) is 41.4 Å². The van der Waals surface area contributed by atoms with E-state index in [0.29, 0.717) is 43.0 Å². The van der Waals surface area contributed by atoms with E-state index in [1.54, 1.807) is 54.6 Å². The van der Waals surface area contributed by atoms with Crippen LogP contribution in [0, 0.1) is 0 Å². The van der Waals surface area contributed by atoms with E-state index < -0.39 is 5.91 Å². The molecule has 0 spiro atoms. The van der Waals surface area contributed by atoms with Gasteiger partial charge in [-0.2, -0.15) is 5.10 Å². The molecule has 0 saturated heterocycles. The van der Waals surface area contributed by atoms with Gasteiger partial charge in [0.05, 0.1) is 30.6 Å².